The van der Waals surface area contributed by atoms with Gasteiger partial charge in [-0.05, 0) is 41.5 Å². The molecule has 1 amide bonds. The van der Waals surface area contributed by atoms with Gasteiger partial charge < -0.3 is 14.8 Å². The molecule has 0 bridgehead atoms. The van der Waals surface area contributed by atoms with E-state index in [1.54, 1.807) is 18.2 Å². The molecule has 0 aromatic heterocycles. The van der Waals surface area contributed by atoms with Gasteiger partial charge in [-0.25, -0.2) is 4.39 Å². The molecule has 1 N–H and O–H groups in total. The van der Waals surface area contributed by atoms with Gasteiger partial charge in [0, 0.05) is 12.6 Å². The van der Waals surface area contributed by atoms with Crippen molar-refractivity contribution in [2.75, 3.05) is 13.2 Å². The highest BCUT2D eigenvalue weighted by molar-refractivity contribution is 5.91. The van der Waals surface area contributed by atoms with Crippen molar-refractivity contribution in [1.82, 2.24) is 5.32 Å². The third-order valence-corrected chi connectivity index (χ3v) is 3.37. The highest BCUT2D eigenvalue weighted by Crippen LogP contribution is 2.31. The minimum Gasteiger partial charge on any atom is -0.486 e. The summed E-state index contributed by atoms with van der Waals surface area (Å²) in [6.07, 6.45) is 3.16. The molecule has 0 spiro atoms. The smallest absolute Gasteiger partial charge is 0.244 e. The van der Waals surface area contributed by atoms with E-state index in [2.05, 4.69) is 5.32 Å². The van der Waals surface area contributed by atoms with Crippen LogP contribution in [0.3, 0.4) is 0 Å². The fraction of sp³-hybridized carbons (Fsp3) is 0.167. The van der Waals surface area contributed by atoms with Gasteiger partial charge in [-0.1, -0.05) is 18.2 Å². The predicted octanol–water partition coefficient (Wildman–Crippen LogP) is 2.93. The molecule has 0 radical (unpaired) electrons. The van der Waals surface area contributed by atoms with E-state index in [-0.39, 0.29) is 11.7 Å². The summed E-state index contributed by atoms with van der Waals surface area (Å²) in [6, 6.07) is 11.5. The lowest BCUT2D eigenvalue weighted by Gasteiger charge is -2.18. The molecule has 0 fully saturated rings. The van der Waals surface area contributed by atoms with Crippen LogP contribution in [0.5, 0.6) is 11.5 Å². The Morgan fingerprint density at radius 2 is 1.83 bits per heavy atom. The largest absolute Gasteiger partial charge is 0.486 e. The number of carbonyl (C=O) groups excluding carboxylic acids is 1. The lowest BCUT2D eigenvalue weighted by Crippen LogP contribution is -2.20. The SMILES string of the molecule is O=C(/C=C/c1ccc2c(c1)OCCO2)NCc1ccc(F)cc1. The molecule has 118 valence electrons. The third kappa shape index (κ3) is 4.10. The zero-order valence-electron chi connectivity index (χ0n) is 12.4. The van der Waals surface area contributed by atoms with E-state index in [1.807, 2.05) is 18.2 Å². The number of amides is 1. The van der Waals surface area contributed by atoms with Crippen molar-refractivity contribution >= 4 is 12.0 Å². The van der Waals surface area contributed by atoms with Crippen LogP contribution in [0.25, 0.3) is 6.08 Å². The van der Waals surface area contributed by atoms with Crippen molar-refractivity contribution in [2.45, 2.75) is 6.54 Å². The van der Waals surface area contributed by atoms with Gasteiger partial charge in [-0.3, -0.25) is 4.79 Å². The predicted molar refractivity (Wildman–Crippen MR) is 84.7 cm³/mol. The molecule has 1 aliphatic heterocycles. The molecule has 0 atom stereocenters. The van der Waals surface area contributed by atoms with E-state index >= 15 is 0 Å². The van der Waals surface area contributed by atoms with Crippen LogP contribution in [0.2, 0.25) is 0 Å². The molecule has 0 aliphatic carbocycles. The Hall–Kier alpha value is -2.82. The molecule has 2 aromatic carbocycles. The molecule has 3 rings (SSSR count). The van der Waals surface area contributed by atoms with Crippen molar-refractivity contribution in [1.29, 1.82) is 0 Å². The number of nitrogens with one attached hydrogen (secondary N) is 1. The van der Waals surface area contributed by atoms with Crippen molar-refractivity contribution in [2.24, 2.45) is 0 Å². The Kier molecular flexibility index (Phi) is 4.57. The average Bonchev–Trinajstić information content (AvgIpc) is 2.59. The quantitative estimate of drug-likeness (QED) is 0.883. The van der Waals surface area contributed by atoms with Gasteiger partial charge in [-0.15, -0.1) is 0 Å². The standard InChI is InChI=1S/C18H16FNO3/c19-15-5-1-14(2-6-15)12-20-18(21)8-4-13-3-7-16-17(11-13)23-10-9-22-16/h1-8,11H,9-10,12H2,(H,20,21)/b8-4+. The van der Waals surface area contributed by atoms with Gasteiger partial charge in [0.1, 0.15) is 19.0 Å². The van der Waals surface area contributed by atoms with E-state index in [0.717, 1.165) is 11.1 Å². The second-order valence-electron chi connectivity index (χ2n) is 5.08. The zero-order valence-corrected chi connectivity index (χ0v) is 12.4. The summed E-state index contributed by atoms with van der Waals surface area (Å²) in [5.74, 6) is 0.891. The first kappa shape index (κ1) is 15.1. The third-order valence-electron chi connectivity index (χ3n) is 3.37. The van der Waals surface area contributed by atoms with Crippen LogP contribution in [-0.2, 0) is 11.3 Å². The Balaban J connectivity index is 1.56. The Labute approximate surface area is 133 Å². The normalized spacial score (nSPS) is 13.1. The second-order valence-corrected chi connectivity index (χ2v) is 5.08. The van der Waals surface area contributed by atoms with Crippen molar-refractivity contribution < 1.29 is 18.7 Å². The average molecular weight is 313 g/mol. The van der Waals surface area contributed by atoms with Crippen molar-refractivity contribution in [3.8, 4) is 11.5 Å². The van der Waals surface area contributed by atoms with E-state index < -0.39 is 0 Å². The topological polar surface area (TPSA) is 47.6 Å². The number of hydrogen-bond acceptors (Lipinski definition) is 3. The first-order valence-corrected chi connectivity index (χ1v) is 7.31. The summed E-state index contributed by atoms with van der Waals surface area (Å²) in [5, 5.41) is 2.75. The number of benzene rings is 2. The van der Waals surface area contributed by atoms with Gasteiger partial charge in [-0.2, -0.15) is 0 Å². The Bertz CT molecular complexity index is 726. The molecule has 4 nitrogen and oxygen atoms in total. The number of halogens is 1. The lowest BCUT2D eigenvalue weighted by atomic mass is 10.1. The molecule has 2 aromatic rings. The molecular weight excluding hydrogens is 297 g/mol. The fourth-order valence-corrected chi connectivity index (χ4v) is 2.19. The van der Waals surface area contributed by atoms with Crippen LogP contribution in [0.4, 0.5) is 4.39 Å². The molecule has 1 aliphatic rings. The Morgan fingerprint density at radius 3 is 2.61 bits per heavy atom. The van der Waals surface area contributed by atoms with Gasteiger partial charge in [0.05, 0.1) is 0 Å². The fourth-order valence-electron chi connectivity index (χ4n) is 2.19. The lowest BCUT2D eigenvalue weighted by molar-refractivity contribution is -0.116. The maximum absolute atomic E-state index is 12.8. The van der Waals surface area contributed by atoms with E-state index in [4.69, 9.17) is 9.47 Å². The molecule has 0 saturated heterocycles. The Morgan fingerprint density at radius 1 is 1.09 bits per heavy atom. The minimum absolute atomic E-state index is 0.218. The van der Waals surface area contributed by atoms with Crippen LogP contribution >= 0.6 is 0 Å². The summed E-state index contributed by atoms with van der Waals surface area (Å²) in [6.45, 7) is 1.43. The maximum Gasteiger partial charge on any atom is 0.244 e. The summed E-state index contributed by atoms with van der Waals surface area (Å²) >= 11 is 0. The van der Waals surface area contributed by atoms with Crippen LogP contribution < -0.4 is 14.8 Å². The summed E-state index contributed by atoms with van der Waals surface area (Å²) in [5.41, 5.74) is 1.69. The first-order chi connectivity index (χ1) is 11.2. The zero-order chi connectivity index (χ0) is 16.1. The monoisotopic (exact) mass is 313 g/mol. The molecule has 5 heteroatoms. The minimum atomic E-state index is -0.293. The number of carbonyl (C=O) groups is 1. The number of hydrogen-bond donors (Lipinski definition) is 1. The molecule has 0 unspecified atom stereocenters. The van der Waals surface area contributed by atoms with Gasteiger partial charge in [0.25, 0.3) is 0 Å². The van der Waals surface area contributed by atoms with Gasteiger partial charge in [0.15, 0.2) is 11.5 Å². The second kappa shape index (κ2) is 6.96. The van der Waals surface area contributed by atoms with Gasteiger partial charge in [0.2, 0.25) is 5.91 Å². The molecular formula is C18H16FNO3. The maximum atomic E-state index is 12.8. The molecule has 23 heavy (non-hydrogen) atoms. The van der Waals surface area contributed by atoms with Crippen molar-refractivity contribution in [3.63, 3.8) is 0 Å². The van der Waals surface area contributed by atoms with E-state index in [0.29, 0.717) is 31.3 Å². The summed E-state index contributed by atoms with van der Waals surface area (Å²) in [7, 11) is 0. The van der Waals surface area contributed by atoms with Crippen LogP contribution in [0.1, 0.15) is 11.1 Å². The highest BCUT2D eigenvalue weighted by atomic mass is 19.1. The van der Waals surface area contributed by atoms with Gasteiger partial charge >= 0.3 is 0 Å². The van der Waals surface area contributed by atoms with Crippen LogP contribution in [0, 0.1) is 5.82 Å². The molecule has 1 heterocycles. The number of ether oxygens (including phenoxy) is 2. The van der Waals surface area contributed by atoms with Crippen molar-refractivity contribution in [3.05, 3.63) is 65.5 Å². The first-order valence-electron chi connectivity index (χ1n) is 7.31. The summed E-state index contributed by atoms with van der Waals surface area (Å²) < 4.78 is 23.7. The summed E-state index contributed by atoms with van der Waals surface area (Å²) in [4.78, 5) is 11.8. The van der Waals surface area contributed by atoms with E-state index in [1.165, 1.54) is 18.2 Å². The number of fused-ring (bicyclic) bond motifs is 1. The number of rotatable bonds is 4. The van der Waals surface area contributed by atoms with E-state index in [9.17, 15) is 9.18 Å². The van der Waals surface area contributed by atoms with Crippen LogP contribution in [-0.4, -0.2) is 19.1 Å². The van der Waals surface area contributed by atoms with Crippen LogP contribution in [0.15, 0.2) is 48.5 Å². The molecule has 0 saturated carbocycles. The highest BCUT2D eigenvalue weighted by Gasteiger charge is 2.10.